The van der Waals surface area contributed by atoms with Gasteiger partial charge in [0, 0.05) is 13.5 Å². The number of rotatable bonds is 5. The molecule has 8 nitrogen and oxygen atoms in total. The van der Waals surface area contributed by atoms with E-state index in [1.54, 1.807) is 0 Å². The summed E-state index contributed by atoms with van der Waals surface area (Å²) in [5, 5.41) is 11.3. The van der Waals surface area contributed by atoms with Gasteiger partial charge in [-0.25, -0.2) is 13.4 Å². The predicted molar refractivity (Wildman–Crippen MR) is 65.8 cm³/mol. The molecule has 1 aromatic rings. The van der Waals surface area contributed by atoms with Gasteiger partial charge in [-0.1, -0.05) is 12.1 Å². The third-order valence-electron chi connectivity index (χ3n) is 2.69. The number of nitrogens with two attached hydrogens (primary N) is 1. The highest BCUT2D eigenvalue weighted by Crippen LogP contribution is 2.14. The molecular formula is C9H17N5O3S. The molecule has 0 spiro atoms. The summed E-state index contributed by atoms with van der Waals surface area (Å²) >= 11 is 0. The second-order valence-electron chi connectivity index (χ2n) is 3.77. The Morgan fingerprint density at radius 3 is 2.78 bits per heavy atom. The molecule has 1 unspecified atom stereocenters. The van der Waals surface area contributed by atoms with Gasteiger partial charge in [-0.15, -0.1) is 0 Å². The first kappa shape index (κ1) is 14.5. The van der Waals surface area contributed by atoms with Crippen LogP contribution in [-0.2, 0) is 16.4 Å². The monoisotopic (exact) mass is 275 g/mol. The maximum Gasteiger partial charge on any atom is 0.260 e. The fraction of sp³-hybridized carbons (Fsp3) is 0.556. The summed E-state index contributed by atoms with van der Waals surface area (Å²) in [5.41, 5.74) is 5.39. The molecule has 0 amide bonds. The first-order valence-corrected chi connectivity index (χ1v) is 6.77. The van der Waals surface area contributed by atoms with Crippen LogP contribution in [0.25, 0.3) is 0 Å². The third kappa shape index (κ3) is 2.62. The molecule has 0 aromatic carbocycles. The molecule has 1 heterocycles. The molecule has 1 aromatic heterocycles. The molecule has 1 rings (SSSR count). The van der Waals surface area contributed by atoms with Crippen molar-refractivity contribution >= 4 is 15.9 Å². The van der Waals surface area contributed by atoms with Crippen LogP contribution in [0.3, 0.4) is 0 Å². The minimum absolute atomic E-state index is 0.0144. The van der Waals surface area contributed by atoms with Gasteiger partial charge < -0.3 is 15.9 Å². The van der Waals surface area contributed by atoms with E-state index in [1.807, 2.05) is 6.92 Å². The fourth-order valence-corrected chi connectivity index (χ4v) is 2.55. The lowest BCUT2D eigenvalue weighted by Gasteiger charge is -2.22. The first-order valence-electron chi connectivity index (χ1n) is 5.33. The van der Waals surface area contributed by atoms with Gasteiger partial charge in [0.25, 0.3) is 10.0 Å². The molecule has 0 saturated carbocycles. The van der Waals surface area contributed by atoms with E-state index in [-0.39, 0.29) is 10.9 Å². The Morgan fingerprint density at radius 1 is 1.72 bits per heavy atom. The second kappa shape index (κ2) is 5.36. The quantitative estimate of drug-likeness (QED) is 0.295. The Bertz CT molecular complexity index is 536. The minimum atomic E-state index is -3.74. The predicted octanol–water partition coefficient (Wildman–Crippen LogP) is -0.272. The number of hydrogen-bond acceptors (Lipinski definition) is 5. The number of likely N-dealkylation sites (N-methyl/N-ethyl adjacent to an activating group) is 1. The average Bonchev–Trinajstić information content (AvgIpc) is 2.85. The lowest BCUT2D eigenvalue weighted by molar-refractivity contribution is 0.311. The van der Waals surface area contributed by atoms with Crippen molar-refractivity contribution in [2.45, 2.75) is 31.3 Å². The van der Waals surface area contributed by atoms with Crippen molar-refractivity contribution in [2.75, 3.05) is 7.05 Å². The molecule has 0 aliphatic carbocycles. The van der Waals surface area contributed by atoms with Crippen LogP contribution in [0.15, 0.2) is 16.4 Å². The number of imidazole rings is 1. The summed E-state index contributed by atoms with van der Waals surface area (Å²) in [6, 6.07) is -0.756. The molecule has 0 saturated heterocycles. The first-order chi connectivity index (χ1) is 8.34. The SMILES string of the molecule is CCc1ncc(S(=O)(=O)N(C)C(C)/C(N)=N/O)[nH]1. The number of amidine groups is 1. The zero-order valence-corrected chi connectivity index (χ0v) is 11.3. The van der Waals surface area contributed by atoms with Crippen molar-refractivity contribution in [2.24, 2.45) is 10.9 Å². The summed E-state index contributed by atoms with van der Waals surface area (Å²) < 4.78 is 25.4. The van der Waals surface area contributed by atoms with Crippen molar-refractivity contribution in [1.29, 1.82) is 0 Å². The number of hydrogen-bond donors (Lipinski definition) is 3. The molecule has 0 aliphatic heterocycles. The largest absolute Gasteiger partial charge is 0.409 e. The smallest absolute Gasteiger partial charge is 0.260 e. The molecule has 9 heteroatoms. The molecule has 0 aliphatic rings. The van der Waals surface area contributed by atoms with Crippen LogP contribution in [0, 0.1) is 0 Å². The Hall–Kier alpha value is -1.61. The molecule has 0 radical (unpaired) electrons. The molecule has 0 bridgehead atoms. The highest BCUT2D eigenvalue weighted by atomic mass is 32.2. The van der Waals surface area contributed by atoms with Gasteiger partial charge >= 0.3 is 0 Å². The number of oxime groups is 1. The van der Waals surface area contributed by atoms with Gasteiger partial charge in [0.1, 0.15) is 5.82 Å². The molecule has 1 atom stereocenters. The van der Waals surface area contributed by atoms with E-state index in [0.29, 0.717) is 12.2 Å². The third-order valence-corrected chi connectivity index (χ3v) is 4.52. The number of aryl methyl sites for hydroxylation is 1. The van der Waals surface area contributed by atoms with Gasteiger partial charge in [-0.3, -0.25) is 0 Å². The van der Waals surface area contributed by atoms with Gasteiger partial charge in [-0.05, 0) is 6.92 Å². The van der Waals surface area contributed by atoms with Crippen LogP contribution in [-0.4, -0.2) is 46.8 Å². The van der Waals surface area contributed by atoms with Crippen LogP contribution >= 0.6 is 0 Å². The number of aromatic nitrogens is 2. The molecule has 18 heavy (non-hydrogen) atoms. The van der Waals surface area contributed by atoms with Crippen molar-refractivity contribution in [3.8, 4) is 0 Å². The number of aromatic amines is 1. The van der Waals surface area contributed by atoms with Crippen molar-refractivity contribution in [3.05, 3.63) is 12.0 Å². The van der Waals surface area contributed by atoms with Crippen LogP contribution in [0.2, 0.25) is 0 Å². The average molecular weight is 275 g/mol. The van der Waals surface area contributed by atoms with E-state index in [4.69, 9.17) is 10.9 Å². The maximum atomic E-state index is 12.2. The summed E-state index contributed by atoms with van der Waals surface area (Å²) in [5.74, 6) is 0.398. The molecular weight excluding hydrogens is 258 g/mol. The van der Waals surface area contributed by atoms with E-state index in [1.165, 1.54) is 20.2 Å². The van der Waals surface area contributed by atoms with Crippen LogP contribution in [0.1, 0.15) is 19.7 Å². The highest BCUT2D eigenvalue weighted by Gasteiger charge is 2.29. The van der Waals surface area contributed by atoms with Gasteiger partial charge in [0.05, 0.1) is 12.2 Å². The van der Waals surface area contributed by atoms with Crippen molar-refractivity contribution in [1.82, 2.24) is 14.3 Å². The van der Waals surface area contributed by atoms with E-state index in [9.17, 15) is 8.42 Å². The van der Waals surface area contributed by atoms with E-state index < -0.39 is 16.1 Å². The van der Waals surface area contributed by atoms with Gasteiger partial charge in [0.15, 0.2) is 10.9 Å². The van der Waals surface area contributed by atoms with E-state index in [2.05, 4.69) is 15.1 Å². The lowest BCUT2D eigenvalue weighted by atomic mass is 10.3. The zero-order valence-electron chi connectivity index (χ0n) is 10.5. The molecule has 102 valence electrons. The van der Waals surface area contributed by atoms with Crippen molar-refractivity contribution in [3.63, 3.8) is 0 Å². The summed E-state index contributed by atoms with van der Waals surface area (Å²) in [6.45, 7) is 3.38. The minimum Gasteiger partial charge on any atom is -0.409 e. The van der Waals surface area contributed by atoms with Gasteiger partial charge in [0.2, 0.25) is 0 Å². The number of H-pyrrole nitrogens is 1. The molecule has 4 N–H and O–H groups in total. The maximum absolute atomic E-state index is 12.2. The zero-order chi connectivity index (χ0) is 13.9. The van der Waals surface area contributed by atoms with Gasteiger partial charge in [-0.2, -0.15) is 4.31 Å². The normalized spacial score (nSPS) is 15.0. The Kier molecular flexibility index (Phi) is 4.30. The van der Waals surface area contributed by atoms with E-state index in [0.717, 1.165) is 4.31 Å². The topological polar surface area (TPSA) is 125 Å². The fourth-order valence-electron chi connectivity index (χ4n) is 1.29. The van der Waals surface area contributed by atoms with E-state index >= 15 is 0 Å². The highest BCUT2D eigenvalue weighted by molar-refractivity contribution is 7.89. The summed E-state index contributed by atoms with van der Waals surface area (Å²) in [6.07, 6.45) is 1.86. The number of nitrogens with zero attached hydrogens (tertiary/aromatic N) is 3. The lowest BCUT2D eigenvalue weighted by Crippen LogP contribution is -2.43. The van der Waals surface area contributed by atoms with Crippen LogP contribution in [0.4, 0.5) is 0 Å². The summed E-state index contributed by atoms with van der Waals surface area (Å²) in [7, 11) is -2.39. The molecule has 0 fully saturated rings. The van der Waals surface area contributed by atoms with Crippen molar-refractivity contribution < 1.29 is 13.6 Å². The Morgan fingerprint density at radius 2 is 2.33 bits per heavy atom. The second-order valence-corrected chi connectivity index (χ2v) is 5.74. The standard InChI is InChI=1S/C9H17N5O3S/c1-4-7-11-5-8(12-7)18(16,17)14(3)6(2)9(10)13-15/h5-6,15H,4H2,1-3H3,(H2,10,13)(H,11,12). The van der Waals surface area contributed by atoms with Crippen LogP contribution < -0.4 is 5.73 Å². The number of nitrogens with one attached hydrogen (secondary N) is 1. The summed E-state index contributed by atoms with van der Waals surface area (Å²) in [4.78, 5) is 6.65. The Balaban J connectivity index is 3.06. The number of sulfonamides is 1. The Labute approximate surface area is 106 Å². The van der Waals surface area contributed by atoms with Crippen LogP contribution in [0.5, 0.6) is 0 Å².